The number of carbonyl (C=O) groups is 3. The second-order valence-electron chi connectivity index (χ2n) is 3.07. The summed E-state index contributed by atoms with van der Waals surface area (Å²) in [5.74, 6) is -0.00745. The molecule has 0 saturated heterocycles. The second-order valence-corrected chi connectivity index (χ2v) is 3.07. The molecule has 0 atom stereocenters. The molecular formula is C11H10O3. The van der Waals surface area contributed by atoms with Crippen LogP contribution in [0.2, 0.25) is 0 Å². The Balaban J connectivity index is 3.10. The minimum absolute atomic E-state index is 0.00745. The molecule has 3 nitrogen and oxygen atoms in total. The zero-order valence-electron chi connectivity index (χ0n) is 7.82. The summed E-state index contributed by atoms with van der Waals surface area (Å²) in [7, 11) is 0. The van der Waals surface area contributed by atoms with E-state index in [-0.39, 0.29) is 12.2 Å². The van der Waals surface area contributed by atoms with Gasteiger partial charge in [0.15, 0.2) is 0 Å². The fourth-order valence-corrected chi connectivity index (χ4v) is 1.23. The van der Waals surface area contributed by atoms with E-state index >= 15 is 0 Å². The monoisotopic (exact) mass is 190 g/mol. The largest absolute Gasteiger partial charge is 0.300 e. The lowest BCUT2D eigenvalue weighted by Gasteiger charge is -2.02. The average molecular weight is 190 g/mol. The highest BCUT2D eigenvalue weighted by Gasteiger charge is 2.05. The van der Waals surface area contributed by atoms with Gasteiger partial charge in [-0.1, -0.05) is 12.1 Å². The van der Waals surface area contributed by atoms with Gasteiger partial charge in [0.25, 0.3) is 0 Å². The highest BCUT2D eigenvalue weighted by molar-refractivity contribution is 5.87. The van der Waals surface area contributed by atoms with Crippen molar-refractivity contribution in [2.75, 3.05) is 0 Å². The molecule has 0 fully saturated rings. The number of carbonyl (C=O) groups excluding carboxylic acids is 3. The Morgan fingerprint density at radius 1 is 1.29 bits per heavy atom. The van der Waals surface area contributed by atoms with Gasteiger partial charge >= 0.3 is 0 Å². The van der Waals surface area contributed by atoms with Gasteiger partial charge in [-0.3, -0.25) is 14.4 Å². The summed E-state index contributed by atoms with van der Waals surface area (Å²) >= 11 is 0. The molecule has 0 bridgehead atoms. The van der Waals surface area contributed by atoms with Crippen molar-refractivity contribution in [3.05, 3.63) is 34.9 Å². The molecule has 0 spiro atoms. The lowest BCUT2D eigenvalue weighted by molar-refractivity contribution is -0.116. The zero-order chi connectivity index (χ0) is 10.6. The van der Waals surface area contributed by atoms with E-state index in [1.54, 1.807) is 12.1 Å². The molecule has 0 radical (unpaired) electrons. The van der Waals surface area contributed by atoms with Crippen molar-refractivity contribution < 1.29 is 14.4 Å². The number of aldehydes is 2. The predicted molar refractivity (Wildman–Crippen MR) is 51.6 cm³/mol. The van der Waals surface area contributed by atoms with Crippen LogP contribution in [0.25, 0.3) is 0 Å². The van der Waals surface area contributed by atoms with Gasteiger partial charge in [-0.05, 0) is 18.6 Å². The minimum atomic E-state index is -0.00745. The quantitative estimate of drug-likeness (QED) is 0.675. The SMILES string of the molecule is CC(=O)Cc1ccc(C=O)cc1C=O. The van der Waals surface area contributed by atoms with Crippen LogP contribution in [0.3, 0.4) is 0 Å². The fourth-order valence-electron chi connectivity index (χ4n) is 1.23. The van der Waals surface area contributed by atoms with Crippen molar-refractivity contribution in [1.82, 2.24) is 0 Å². The van der Waals surface area contributed by atoms with E-state index in [9.17, 15) is 14.4 Å². The maximum atomic E-state index is 10.9. The first-order valence-electron chi connectivity index (χ1n) is 4.20. The van der Waals surface area contributed by atoms with Crippen molar-refractivity contribution in [3.8, 4) is 0 Å². The van der Waals surface area contributed by atoms with Crippen LogP contribution in [0.4, 0.5) is 0 Å². The number of benzene rings is 1. The van der Waals surface area contributed by atoms with Crippen molar-refractivity contribution in [2.24, 2.45) is 0 Å². The van der Waals surface area contributed by atoms with E-state index in [0.29, 0.717) is 29.3 Å². The highest BCUT2D eigenvalue weighted by atomic mass is 16.1. The summed E-state index contributed by atoms with van der Waals surface area (Å²) in [5, 5.41) is 0. The van der Waals surface area contributed by atoms with E-state index in [1.807, 2.05) is 0 Å². The van der Waals surface area contributed by atoms with Gasteiger partial charge in [0.2, 0.25) is 0 Å². The molecule has 3 heteroatoms. The van der Waals surface area contributed by atoms with Gasteiger partial charge < -0.3 is 0 Å². The third-order valence-electron chi connectivity index (χ3n) is 1.87. The Morgan fingerprint density at radius 3 is 2.50 bits per heavy atom. The Hall–Kier alpha value is -1.77. The molecule has 0 amide bonds. The van der Waals surface area contributed by atoms with Crippen molar-refractivity contribution in [3.63, 3.8) is 0 Å². The van der Waals surface area contributed by atoms with Crippen molar-refractivity contribution in [2.45, 2.75) is 13.3 Å². The second kappa shape index (κ2) is 4.46. The first kappa shape index (κ1) is 10.3. The van der Waals surface area contributed by atoms with Crippen LogP contribution in [0.1, 0.15) is 33.2 Å². The van der Waals surface area contributed by atoms with Gasteiger partial charge in [0, 0.05) is 17.5 Å². The van der Waals surface area contributed by atoms with E-state index in [1.165, 1.54) is 13.0 Å². The standard InChI is InChI=1S/C11H10O3/c1-8(14)4-10-3-2-9(6-12)5-11(10)7-13/h2-3,5-7H,4H2,1H3. The van der Waals surface area contributed by atoms with Crippen LogP contribution in [-0.2, 0) is 11.2 Å². The molecule has 0 unspecified atom stereocenters. The van der Waals surface area contributed by atoms with Crippen LogP contribution >= 0.6 is 0 Å². The Morgan fingerprint density at radius 2 is 2.00 bits per heavy atom. The molecule has 0 N–H and O–H groups in total. The van der Waals surface area contributed by atoms with Crippen LogP contribution in [0, 0.1) is 0 Å². The normalized spacial score (nSPS) is 9.50. The van der Waals surface area contributed by atoms with Crippen molar-refractivity contribution in [1.29, 1.82) is 0 Å². The number of hydrogen-bond acceptors (Lipinski definition) is 3. The van der Waals surface area contributed by atoms with E-state index in [0.717, 1.165) is 0 Å². The molecule has 1 aromatic rings. The summed E-state index contributed by atoms with van der Waals surface area (Å²) in [5.41, 5.74) is 1.52. The summed E-state index contributed by atoms with van der Waals surface area (Å²) < 4.78 is 0. The molecule has 0 saturated carbocycles. The Bertz CT molecular complexity index is 380. The van der Waals surface area contributed by atoms with Crippen LogP contribution in [0.5, 0.6) is 0 Å². The molecular weight excluding hydrogens is 180 g/mol. The van der Waals surface area contributed by atoms with Gasteiger partial charge in [0.05, 0.1) is 0 Å². The molecule has 1 aromatic carbocycles. The number of rotatable bonds is 4. The van der Waals surface area contributed by atoms with Crippen LogP contribution < -0.4 is 0 Å². The van der Waals surface area contributed by atoms with E-state index < -0.39 is 0 Å². The summed E-state index contributed by atoms with van der Waals surface area (Å²) in [6.45, 7) is 1.46. The van der Waals surface area contributed by atoms with Crippen LogP contribution in [0.15, 0.2) is 18.2 Å². The lowest BCUT2D eigenvalue weighted by atomic mass is 10.0. The lowest BCUT2D eigenvalue weighted by Crippen LogP contribution is -2.01. The summed E-state index contributed by atoms with van der Waals surface area (Å²) in [4.78, 5) is 31.9. The summed E-state index contributed by atoms with van der Waals surface area (Å²) in [6.07, 6.45) is 1.56. The van der Waals surface area contributed by atoms with E-state index in [2.05, 4.69) is 0 Å². The number of Topliss-reactive ketones (excluding diaryl/α,β-unsaturated/α-hetero) is 1. The predicted octanol–water partition coefficient (Wildman–Crippen LogP) is 1.44. The molecule has 0 aromatic heterocycles. The Labute approximate surface area is 81.7 Å². The van der Waals surface area contributed by atoms with Gasteiger partial charge in [-0.15, -0.1) is 0 Å². The highest BCUT2D eigenvalue weighted by Crippen LogP contribution is 2.10. The van der Waals surface area contributed by atoms with Gasteiger partial charge in [-0.25, -0.2) is 0 Å². The minimum Gasteiger partial charge on any atom is -0.300 e. The molecule has 0 aliphatic rings. The summed E-state index contributed by atoms with van der Waals surface area (Å²) in [6, 6.07) is 4.71. The number of hydrogen-bond donors (Lipinski definition) is 0. The molecule has 1 rings (SSSR count). The van der Waals surface area contributed by atoms with E-state index in [4.69, 9.17) is 0 Å². The van der Waals surface area contributed by atoms with Crippen LogP contribution in [-0.4, -0.2) is 18.4 Å². The molecule has 14 heavy (non-hydrogen) atoms. The smallest absolute Gasteiger partial charge is 0.150 e. The molecule has 0 aliphatic heterocycles. The Kier molecular flexibility index (Phi) is 3.29. The molecule has 0 aliphatic carbocycles. The third-order valence-corrected chi connectivity index (χ3v) is 1.87. The molecule has 0 heterocycles. The zero-order valence-corrected chi connectivity index (χ0v) is 7.82. The maximum Gasteiger partial charge on any atom is 0.150 e. The fraction of sp³-hybridized carbons (Fsp3) is 0.182. The third kappa shape index (κ3) is 2.36. The first-order chi connectivity index (χ1) is 6.67. The van der Waals surface area contributed by atoms with Gasteiger partial charge in [0.1, 0.15) is 18.4 Å². The topological polar surface area (TPSA) is 51.2 Å². The average Bonchev–Trinajstić information content (AvgIpc) is 2.17. The molecule has 72 valence electrons. The van der Waals surface area contributed by atoms with Gasteiger partial charge in [-0.2, -0.15) is 0 Å². The van der Waals surface area contributed by atoms with Crippen molar-refractivity contribution >= 4 is 18.4 Å². The number of ketones is 1. The first-order valence-corrected chi connectivity index (χ1v) is 4.20. The maximum absolute atomic E-state index is 10.9.